The first-order valence-corrected chi connectivity index (χ1v) is 6.58. The van der Waals surface area contributed by atoms with Crippen LogP contribution < -0.4 is 11.1 Å². The van der Waals surface area contributed by atoms with E-state index < -0.39 is 5.91 Å². The largest absolute Gasteiger partial charge is 0.375 e. The number of nitrogens with zero attached hydrogens (tertiary/aromatic N) is 1. The zero-order chi connectivity index (χ0) is 14.8. The van der Waals surface area contributed by atoms with Crippen LogP contribution in [-0.4, -0.2) is 35.0 Å². The number of hydrogen-bond acceptors (Lipinski definition) is 4. The van der Waals surface area contributed by atoms with Crippen molar-refractivity contribution in [2.75, 3.05) is 6.61 Å². The highest BCUT2D eigenvalue weighted by Gasteiger charge is 2.29. The maximum Gasteiger partial charge on any atom is 0.267 e. The molecule has 1 aliphatic rings. The van der Waals surface area contributed by atoms with Crippen molar-refractivity contribution in [1.29, 1.82) is 0 Å². The highest BCUT2D eigenvalue weighted by molar-refractivity contribution is 5.95. The third-order valence-electron chi connectivity index (χ3n) is 3.31. The number of nitrogens with two attached hydrogens (primary N) is 1. The Morgan fingerprint density at radius 1 is 1.45 bits per heavy atom. The maximum absolute atomic E-state index is 12.1. The van der Waals surface area contributed by atoms with Gasteiger partial charge in [-0.2, -0.15) is 0 Å². The van der Waals surface area contributed by atoms with Crippen LogP contribution in [0, 0.1) is 0 Å². The van der Waals surface area contributed by atoms with E-state index in [1.54, 1.807) is 6.07 Å². The van der Waals surface area contributed by atoms with Crippen LogP contribution in [0.15, 0.2) is 18.3 Å². The number of ether oxygens (including phenoxy) is 1. The Bertz CT molecular complexity index is 511. The van der Waals surface area contributed by atoms with Gasteiger partial charge in [-0.3, -0.25) is 14.6 Å². The van der Waals surface area contributed by atoms with Gasteiger partial charge in [0.25, 0.3) is 11.8 Å². The number of carbonyl (C=O) groups is 2. The second kappa shape index (κ2) is 5.58. The Morgan fingerprint density at radius 3 is 2.75 bits per heavy atom. The van der Waals surface area contributed by atoms with E-state index in [0.29, 0.717) is 12.2 Å². The SMILES string of the molecule is CC1(C)CC(NC(=O)c2ccc(C(N)=O)nc2)CCO1. The van der Waals surface area contributed by atoms with Crippen molar-refractivity contribution in [1.82, 2.24) is 10.3 Å². The Kier molecular flexibility index (Phi) is 4.04. The number of rotatable bonds is 3. The fraction of sp³-hybridized carbons (Fsp3) is 0.500. The number of nitrogens with one attached hydrogen (secondary N) is 1. The van der Waals surface area contributed by atoms with E-state index in [9.17, 15) is 9.59 Å². The Morgan fingerprint density at radius 2 is 2.20 bits per heavy atom. The van der Waals surface area contributed by atoms with E-state index in [1.807, 2.05) is 13.8 Å². The summed E-state index contributed by atoms with van der Waals surface area (Å²) in [5, 5.41) is 2.96. The standard InChI is InChI=1S/C14H19N3O3/c1-14(2)7-10(5-6-20-14)17-13(19)9-3-4-11(12(15)18)16-8-9/h3-4,8,10H,5-7H2,1-2H3,(H2,15,18)(H,17,19). The number of aromatic nitrogens is 1. The van der Waals surface area contributed by atoms with E-state index in [-0.39, 0.29) is 23.2 Å². The first kappa shape index (κ1) is 14.5. The van der Waals surface area contributed by atoms with Gasteiger partial charge >= 0.3 is 0 Å². The molecule has 0 aromatic carbocycles. The van der Waals surface area contributed by atoms with Gasteiger partial charge in [-0.1, -0.05) is 0 Å². The minimum atomic E-state index is -0.608. The third kappa shape index (κ3) is 3.54. The van der Waals surface area contributed by atoms with Crippen molar-refractivity contribution in [3.63, 3.8) is 0 Å². The number of carbonyl (C=O) groups excluding carboxylic acids is 2. The molecule has 0 spiro atoms. The minimum Gasteiger partial charge on any atom is -0.375 e. The van der Waals surface area contributed by atoms with Crippen LogP contribution in [0.3, 0.4) is 0 Å². The smallest absolute Gasteiger partial charge is 0.267 e. The van der Waals surface area contributed by atoms with Gasteiger partial charge in [-0.15, -0.1) is 0 Å². The second-order valence-electron chi connectivity index (χ2n) is 5.57. The number of hydrogen-bond donors (Lipinski definition) is 2. The second-order valence-corrected chi connectivity index (χ2v) is 5.57. The molecule has 1 unspecified atom stereocenters. The molecular weight excluding hydrogens is 258 g/mol. The molecule has 2 heterocycles. The van der Waals surface area contributed by atoms with Gasteiger partial charge in [0, 0.05) is 18.8 Å². The first-order valence-electron chi connectivity index (χ1n) is 6.58. The number of amides is 2. The van der Waals surface area contributed by atoms with Crippen LogP contribution >= 0.6 is 0 Å². The summed E-state index contributed by atoms with van der Waals surface area (Å²) in [4.78, 5) is 26.9. The normalized spacial score (nSPS) is 21.2. The minimum absolute atomic E-state index is 0.0852. The van der Waals surface area contributed by atoms with E-state index >= 15 is 0 Å². The molecule has 2 rings (SSSR count). The van der Waals surface area contributed by atoms with E-state index in [0.717, 1.165) is 12.8 Å². The third-order valence-corrected chi connectivity index (χ3v) is 3.31. The maximum atomic E-state index is 12.1. The van der Waals surface area contributed by atoms with Crippen molar-refractivity contribution in [3.8, 4) is 0 Å². The first-order chi connectivity index (χ1) is 9.37. The molecule has 108 valence electrons. The van der Waals surface area contributed by atoms with E-state index in [1.165, 1.54) is 12.3 Å². The van der Waals surface area contributed by atoms with Gasteiger partial charge in [0.15, 0.2) is 0 Å². The monoisotopic (exact) mass is 277 g/mol. The quantitative estimate of drug-likeness (QED) is 0.857. The fourth-order valence-electron chi connectivity index (χ4n) is 2.30. The summed E-state index contributed by atoms with van der Waals surface area (Å²) in [5.74, 6) is -0.806. The Balaban J connectivity index is 1.99. The molecule has 0 saturated carbocycles. The molecule has 20 heavy (non-hydrogen) atoms. The highest BCUT2D eigenvalue weighted by atomic mass is 16.5. The van der Waals surface area contributed by atoms with Gasteiger partial charge in [0.1, 0.15) is 5.69 Å². The predicted molar refractivity (Wildman–Crippen MR) is 73.3 cm³/mol. The van der Waals surface area contributed by atoms with Gasteiger partial charge < -0.3 is 15.8 Å². The Labute approximate surface area is 117 Å². The molecule has 0 bridgehead atoms. The summed E-state index contributed by atoms with van der Waals surface area (Å²) in [6, 6.07) is 3.08. The van der Waals surface area contributed by atoms with Crippen LogP contribution in [0.2, 0.25) is 0 Å². The van der Waals surface area contributed by atoms with Crippen LogP contribution in [-0.2, 0) is 4.74 Å². The summed E-state index contributed by atoms with van der Waals surface area (Å²) in [7, 11) is 0. The molecule has 1 saturated heterocycles. The van der Waals surface area contributed by atoms with Crippen molar-refractivity contribution >= 4 is 11.8 Å². The molecule has 0 aliphatic carbocycles. The van der Waals surface area contributed by atoms with Crippen LogP contribution in [0.1, 0.15) is 47.5 Å². The van der Waals surface area contributed by atoms with E-state index in [4.69, 9.17) is 10.5 Å². The fourth-order valence-corrected chi connectivity index (χ4v) is 2.30. The van der Waals surface area contributed by atoms with Crippen molar-refractivity contribution in [2.45, 2.75) is 38.3 Å². The van der Waals surface area contributed by atoms with Gasteiger partial charge in [0.05, 0.1) is 11.2 Å². The van der Waals surface area contributed by atoms with Crippen molar-refractivity contribution in [3.05, 3.63) is 29.6 Å². The lowest BCUT2D eigenvalue weighted by Crippen LogP contribution is -2.45. The lowest BCUT2D eigenvalue weighted by molar-refractivity contribution is -0.0615. The zero-order valence-corrected chi connectivity index (χ0v) is 11.7. The lowest BCUT2D eigenvalue weighted by atomic mass is 9.94. The van der Waals surface area contributed by atoms with Crippen LogP contribution in [0.5, 0.6) is 0 Å². The molecule has 1 fully saturated rings. The van der Waals surface area contributed by atoms with E-state index in [2.05, 4.69) is 10.3 Å². The van der Waals surface area contributed by atoms with Crippen molar-refractivity contribution in [2.24, 2.45) is 5.73 Å². The summed E-state index contributed by atoms with van der Waals surface area (Å²) in [5.41, 5.74) is 5.45. The summed E-state index contributed by atoms with van der Waals surface area (Å²) in [6.45, 7) is 4.65. The Hall–Kier alpha value is -1.95. The van der Waals surface area contributed by atoms with Crippen LogP contribution in [0.25, 0.3) is 0 Å². The molecule has 3 N–H and O–H groups in total. The molecule has 1 atom stereocenters. The van der Waals surface area contributed by atoms with Crippen LogP contribution in [0.4, 0.5) is 0 Å². The average Bonchev–Trinajstić information content (AvgIpc) is 2.37. The van der Waals surface area contributed by atoms with Gasteiger partial charge in [0.2, 0.25) is 0 Å². The topological polar surface area (TPSA) is 94.3 Å². The lowest BCUT2D eigenvalue weighted by Gasteiger charge is -2.35. The van der Waals surface area contributed by atoms with Gasteiger partial charge in [-0.25, -0.2) is 0 Å². The molecule has 1 aromatic rings. The zero-order valence-electron chi connectivity index (χ0n) is 11.7. The molecule has 1 aliphatic heterocycles. The molecular formula is C14H19N3O3. The summed E-state index contributed by atoms with van der Waals surface area (Å²) >= 11 is 0. The molecule has 2 amide bonds. The molecule has 1 aromatic heterocycles. The van der Waals surface area contributed by atoms with Crippen molar-refractivity contribution < 1.29 is 14.3 Å². The summed E-state index contributed by atoms with van der Waals surface area (Å²) in [6.07, 6.45) is 2.92. The summed E-state index contributed by atoms with van der Waals surface area (Å²) < 4.78 is 5.61. The molecule has 6 nitrogen and oxygen atoms in total. The number of pyridine rings is 1. The van der Waals surface area contributed by atoms with Gasteiger partial charge in [-0.05, 0) is 38.8 Å². The molecule has 0 radical (unpaired) electrons. The predicted octanol–water partition coefficient (Wildman–Crippen LogP) is 0.868. The molecule has 6 heteroatoms. The average molecular weight is 277 g/mol. The highest BCUT2D eigenvalue weighted by Crippen LogP contribution is 2.24. The number of primary amides is 1.